The molecular formula is C27H31FN2O2. The number of amides is 1. The van der Waals surface area contributed by atoms with E-state index in [4.69, 9.17) is 0 Å². The van der Waals surface area contributed by atoms with E-state index >= 15 is 0 Å². The van der Waals surface area contributed by atoms with Crippen molar-refractivity contribution in [2.24, 2.45) is 5.92 Å². The molecule has 32 heavy (non-hydrogen) atoms. The second kappa shape index (κ2) is 9.85. The Kier molecular flexibility index (Phi) is 6.93. The van der Waals surface area contributed by atoms with Crippen LogP contribution >= 0.6 is 0 Å². The van der Waals surface area contributed by atoms with Gasteiger partial charge in [-0.15, -0.1) is 0 Å². The van der Waals surface area contributed by atoms with Crippen LogP contribution in [-0.4, -0.2) is 59.1 Å². The molecule has 5 heteroatoms. The molecule has 3 atom stereocenters. The number of hydrogen-bond acceptors (Lipinski definition) is 3. The highest BCUT2D eigenvalue weighted by Crippen LogP contribution is 2.42. The van der Waals surface area contributed by atoms with Gasteiger partial charge in [-0.25, -0.2) is 4.39 Å². The summed E-state index contributed by atoms with van der Waals surface area (Å²) in [6.45, 7) is 6.48. The topological polar surface area (TPSA) is 43.8 Å². The number of hydrogen-bond donors (Lipinski definition) is 1. The summed E-state index contributed by atoms with van der Waals surface area (Å²) in [6, 6.07) is 14.3. The third-order valence-electron chi connectivity index (χ3n) is 6.55. The zero-order valence-electron chi connectivity index (χ0n) is 18.8. The Balaban J connectivity index is 1.55. The molecule has 2 fully saturated rings. The number of benzene rings is 2. The highest BCUT2D eigenvalue weighted by Gasteiger charge is 2.49. The lowest BCUT2D eigenvalue weighted by molar-refractivity contribution is -0.0606. The summed E-state index contributed by atoms with van der Waals surface area (Å²) in [5.74, 6) is 6.48. The Labute approximate surface area is 190 Å². The van der Waals surface area contributed by atoms with Crippen molar-refractivity contribution in [3.8, 4) is 11.8 Å². The van der Waals surface area contributed by atoms with Crippen LogP contribution in [0.5, 0.6) is 0 Å². The van der Waals surface area contributed by atoms with Crippen molar-refractivity contribution < 1.29 is 14.3 Å². The first-order valence-electron chi connectivity index (χ1n) is 11.5. The van der Waals surface area contributed by atoms with E-state index in [-0.39, 0.29) is 36.3 Å². The van der Waals surface area contributed by atoms with Gasteiger partial charge in [0.2, 0.25) is 0 Å². The van der Waals surface area contributed by atoms with E-state index in [1.165, 1.54) is 17.7 Å². The molecule has 0 spiro atoms. The van der Waals surface area contributed by atoms with Crippen molar-refractivity contribution in [3.05, 3.63) is 71.0 Å². The molecule has 2 heterocycles. The summed E-state index contributed by atoms with van der Waals surface area (Å²) in [6.07, 6.45) is 1.90. The first-order chi connectivity index (χ1) is 15.5. The molecule has 2 aromatic carbocycles. The molecule has 0 bridgehead atoms. The summed E-state index contributed by atoms with van der Waals surface area (Å²) in [5.41, 5.74) is 2.68. The maximum absolute atomic E-state index is 13.3. The van der Waals surface area contributed by atoms with E-state index in [0.717, 1.165) is 24.9 Å². The average Bonchev–Trinajstić information content (AvgIpc) is 2.77. The van der Waals surface area contributed by atoms with Crippen LogP contribution in [0, 0.1) is 23.6 Å². The summed E-state index contributed by atoms with van der Waals surface area (Å²) >= 11 is 0. The van der Waals surface area contributed by atoms with Gasteiger partial charge in [-0.1, -0.05) is 37.8 Å². The van der Waals surface area contributed by atoms with Crippen LogP contribution in [0.15, 0.2) is 48.5 Å². The molecular weight excluding hydrogens is 403 g/mol. The normalized spacial score (nSPS) is 23.4. The maximum atomic E-state index is 13.3. The molecule has 0 unspecified atom stereocenters. The Morgan fingerprint density at radius 2 is 1.78 bits per heavy atom. The molecule has 1 N–H and O–H groups in total. The number of halogens is 1. The van der Waals surface area contributed by atoms with Gasteiger partial charge in [-0.3, -0.25) is 9.69 Å². The zero-order valence-corrected chi connectivity index (χ0v) is 18.8. The first-order valence-corrected chi connectivity index (χ1v) is 11.5. The smallest absolute Gasteiger partial charge is 0.253 e. The molecule has 0 aromatic heterocycles. The number of carbonyl (C=O) groups is 1. The predicted molar refractivity (Wildman–Crippen MR) is 124 cm³/mol. The summed E-state index contributed by atoms with van der Waals surface area (Å²) in [4.78, 5) is 17.4. The molecule has 2 saturated heterocycles. The Morgan fingerprint density at radius 3 is 2.44 bits per heavy atom. The van der Waals surface area contributed by atoms with E-state index in [9.17, 15) is 14.3 Å². The van der Waals surface area contributed by atoms with Crippen molar-refractivity contribution in [3.63, 3.8) is 0 Å². The summed E-state index contributed by atoms with van der Waals surface area (Å²) < 4.78 is 13.3. The molecule has 4 nitrogen and oxygen atoms in total. The zero-order chi connectivity index (χ0) is 22.7. The third-order valence-corrected chi connectivity index (χ3v) is 6.55. The van der Waals surface area contributed by atoms with Crippen molar-refractivity contribution in [2.45, 2.75) is 44.7 Å². The molecule has 4 rings (SSSR count). The number of rotatable bonds is 3. The predicted octanol–water partition coefficient (Wildman–Crippen LogP) is 3.90. The Hall–Kier alpha value is -2.68. The molecule has 2 aromatic rings. The van der Waals surface area contributed by atoms with Crippen molar-refractivity contribution in [2.75, 3.05) is 26.2 Å². The Bertz CT molecular complexity index is 991. The van der Waals surface area contributed by atoms with Gasteiger partial charge in [-0.05, 0) is 61.3 Å². The lowest BCUT2D eigenvalue weighted by Crippen LogP contribution is -2.67. The minimum Gasteiger partial charge on any atom is -0.395 e. The average molecular weight is 435 g/mol. The number of nitrogens with zero attached hydrogens (tertiary/aromatic N) is 2. The third kappa shape index (κ3) is 4.72. The molecule has 0 aliphatic carbocycles. The largest absolute Gasteiger partial charge is 0.395 e. The van der Waals surface area contributed by atoms with Gasteiger partial charge in [0.05, 0.1) is 6.61 Å². The quantitative estimate of drug-likeness (QED) is 0.746. The van der Waals surface area contributed by atoms with Crippen molar-refractivity contribution >= 4 is 5.91 Å². The molecule has 1 amide bonds. The number of carbonyl (C=O) groups excluding carboxylic acids is 1. The second-order valence-electron chi connectivity index (χ2n) is 9.09. The lowest BCUT2D eigenvalue weighted by atomic mass is 9.74. The van der Waals surface area contributed by atoms with E-state index in [1.807, 2.05) is 17.0 Å². The van der Waals surface area contributed by atoms with Crippen molar-refractivity contribution in [1.82, 2.24) is 9.80 Å². The van der Waals surface area contributed by atoms with Gasteiger partial charge in [0, 0.05) is 48.1 Å². The van der Waals surface area contributed by atoms with Crippen LogP contribution in [0.2, 0.25) is 0 Å². The fourth-order valence-electron chi connectivity index (χ4n) is 4.92. The van der Waals surface area contributed by atoms with E-state index < -0.39 is 0 Å². The van der Waals surface area contributed by atoms with Crippen LogP contribution in [0.25, 0.3) is 0 Å². The highest BCUT2D eigenvalue weighted by atomic mass is 19.1. The lowest BCUT2D eigenvalue weighted by Gasteiger charge is -2.57. The van der Waals surface area contributed by atoms with Crippen LogP contribution in [0.1, 0.15) is 54.1 Å². The van der Waals surface area contributed by atoms with Crippen molar-refractivity contribution in [1.29, 1.82) is 0 Å². The van der Waals surface area contributed by atoms with Crippen LogP contribution in [0.3, 0.4) is 0 Å². The molecule has 2 aliphatic rings. The standard InChI is InChI=1S/C27H31FN2O2/c1-19(2)5-6-20-7-9-21(10-8-20)26-24-17-29(15-3-4-16-30(24)25(26)18-31)27(32)22-11-13-23(28)14-12-22/h7-14,19,24-26,31H,3-4,15-18H2,1-2H3/t24-,25+,26-/m1/s1. The summed E-state index contributed by atoms with van der Waals surface area (Å²) in [5, 5.41) is 10.1. The Morgan fingerprint density at radius 1 is 1.09 bits per heavy atom. The van der Waals surface area contributed by atoms with E-state index in [2.05, 4.69) is 42.7 Å². The number of aliphatic hydroxyl groups is 1. The first kappa shape index (κ1) is 22.5. The molecule has 0 radical (unpaired) electrons. The monoisotopic (exact) mass is 434 g/mol. The number of fused-ring (bicyclic) bond motifs is 1. The van der Waals surface area contributed by atoms with Crippen LogP contribution < -0.4 is 0 Å². The van der Waals surface area contributed by atoms with Crippen LogP contribution in [-0.2, 0) is 0 Å². The van der Waals surface area contributed by atoms with Gasteiger partial charge in [0.25, 0.3) is 5.91 Å². The minimum atomic E-state index is -0.341. The number of aliphatic hydroxyl groups excluding tert-OH is 1. The molecule has 168 valence electrons. The van der Waals surface area contributed by atoms with Gasteiger partial charge in [-0.2, -0.15) is 0 Å². The van der Waals surface area contributed by atoms with Gasteiger partial charge >= 0.3 is 0 Å². The second-order valence-corrected chi connectivity index (χ2v) is 9.09. The van der Waals surface area contributed by atoms with E-state index in [0.29, 0.717) is 24.6 Å². The minimum absolute atomic E-state index is 0.0580. The fourth-order valence-corrected chi connectivity index (χ4v) is 4.92. The van der Waals surface area contributed by atoms with Gasteiger partial charge in [0.1, 0.15) is 5.82 Å². The van der Waals surface area contributed by atoms with Gasteiger partial charge in [0.15, 0.2) is 0 Å². The molecule has 2 aliphatic heterocycles. The summed E-state index contributed by atoms with van der Waals surface area (Å²) in [7, 11) is 0. The maximum Gasteiger partial charge on any atom is 0.253 e. The fraction of sp³-hybridized carbons (Fsp3) is 0.444. The molecule has 0 saturated carbocycles. The van der Waals surface area contributed by atoms with Gasteiger partial charge < -0.3 is 10.0 Å². The SMILES string of the molecule is CC(C)C#Cc1ccc([C@@H]2[C@H]3CN(C(=O)c4ccc(F)cc4)CCCCN3[C@H]2CO)cc1. The van der Waals surface area contributed by atoms with E-state index in [1.54, 1.807) is 12.1 Å². The highest BCUT2D eigenvalue weighted by molar-refractivity contribution is 5.94. The van der Waals surface area contributed by atoms with Crippen LogP contribution in [0.4, 0.5) is 4.39 Å².